The molecule has 0 fully saturated rings. The van der Waals surface area contributed by atoms with Crippen LogP contribution in [0.3, 0.4) is 0 Å². The lowest BCUT2D eigenvalue weighted by atomic mass is 10.1. The van der Waals surface area contributed by atoms with E-state index in [0.717, 1.165) is 32.8 Å². The summed E-state index contributed by atoms with van der Waals surface area (Å²) in [6.07, 6.45) is 3.54. The lowest BCUT2D eigenvalue weighted by Gasteiger charge is -2.08. The summed E-state index contributed by atoms with van der Waals surface area (Å²) in [5.74, 6) is 1.35. The van der Waals surface area contributed by atoms with Crippen LogP contribution in [0.2, 0.25) is 0 Å². The molecule has 0 saturated heterocycles. The van der Waals surface area contributed by atoms with E-state index in [1.165, 1.54) is 0 Å². The van der Waals surface area contributed by atoms with E-state index in [2.05, 4.69) is 25.3 Å². The molecule has 120 valence electrons. The zero-order chi connectivity index (χ0) is 17.0. The SMILES string of the molecule is CN=C1NC(=NC)c2nc3c4cccnc4c4ncccc4c3nc21. The van der Waals surface area contributed by atoms with Crippen molar-refractivity contribution in [3.05, 3.63) is 48.0 Å². The summed E-state index contributed by atoms with van der Waals surface area (Å²) in [4.78, 5) is 27.3. The van der Waals surface area contributed by atoms with Crippen molar-refractivity contribution >= 4 is 44.5 Å². The molecule has 4 heterocycles. The number of pyridine rings is 2. The van der Waals surface area contributed by atoms with Crippen molar-refractivity contribution in [2.75, 3.05) is 14.1 Å². The predicted octanol–water partition coefficient (Wildman–Crippen LogP) is 2.08. The van der Waals surface area contributed by atoms with Crippen LogP contribution in [0.15, 0.2) is 46.6 Å². The van der Waals surface area contributed by atoms with Gasteiger partial charge in [0.05, 0.1) is 22.1 Å². The van der Waals surface area contributed by atoms with Gasteiger partial charge in [0.25, 0.3) is 0 Å². The fraction of sp³-hybridized carbons (Fsp3) is 0.111. The first-order valence-corrected chi connectivity index (χ1v) is 7.86. The number of aliphatic imine (C=N–C) groups is 2. The van der Waals surface area contributed by atoms with Crippen LogP contribution in [0.4, 0.5) is 0 Å². The predicted molar refractivity (Wildman–Crippen MR) is 98.2 cm³/mol. The molecule has 1 N–H and O–H groups in total. The number of amidine groups is 2. The zero-order valence-corrected chi connectivity index (χ0v) is 13.6. The molecular weight excluding hydrogens is 314 g/mol. The topological polar surface area (TPSA) is 88.3 Å². The van der Waals surface area contributed by atoms with Crippen LogP contribution in [-0.4, -0.2) is 45.7 Å². The minimum absolute atomic E-state index is 0.674. The largest absolute Gasteiger partial charge is 0.322 e. The van der Waals surface area contributed by atoms with Crippen LogP contribution in [0.5, 0.6) is 0 Å². The number of hydrogen-bond donors (Lipinski definition) is 1. The molecule has 0 aliphatic carbocycles. The van der Waals surface area contributed by atoms with E-state index in [1.807, 2.05) is 24.3 Å². The van der Waals surface area contributed by atoms with Crippen molar-refractivity contribution in [2.45, 2.75) is 0 Å². The summed E-state index contributed by atoms with van der Waals surface area (Å²) in [5, 5.41) is 5.02. The quantitative estimate of drug-likeness (QED) is 0.500. The average molecular weight is 327 g/mol. The van der Waals surface area contributed by atoms with E-state index in [9.17, 15) is 0 Å². The Morgan fingerprint density at radius 2 is 1.20 bits per heavy atom. The van der Waals surface area contributed by atoms with Gasteiger partial charge in [-0.2, -0.15) is 0 Å². The van der Waals surface area contributed by atoms with E-state index in [4.69, 9.17) is 9.97 Å². The molecule has 0 unspecified atom stereocenters. The molecule has 4 aromatic rings. The Hall–Kier alpha value is -3.48. The maximum Gasteiger partial charge on any atom is 0.155 e. The second kappa shape index (κ2) is 5.01. The Labute approximate surface area is 142 Å². The normalized spacial score (nSPS) is 16.9. The number of fused-ring (bicyclic) bond motifs is 7. The van der Waals surface area contributed by atoms with Crippen molar-refractivity contribution in [2.24, 2.45) is 9.98 Å². The second-order valence-corrected chi connectivity index (χ2v) is 5.69. The van der Waals surface area contributed by atoms with Gasteiger partial charge >= 0.3 is 0 Å². The summed E-state index contributed by atoms with van der Waals surface area (Å²) in [5.41, 5.74) is 4.66. The van der Waals surface area contributed by atoms with Crippen molar-refractivity contribution in [1.82, 2.24) is 25.3 Å². The summed E-state index contributed by atoms with van der Waals surface area (Å²) in [6.45, 7) is 0. The molecule has 1 aliphatic heterocycles. The van der Waals surface area contributed by atoms with Crippen molar-refractivity contribution < 1.29 is 0 Å². The highest BCUT2D eigenvalue weighted by Crippen LogP contribution is 2.31. The van der Waals surface area contributed by atoms with Crippen molar-refractivity contribution in [3.8, 4) is 0 Å². The molecule has 0 atom stereocenters. The van der Waals surface area contributed by atoms with Crippen LogP contribution in [0.1, 0.15) is 11.4 Å². The molecule has 0 bridgehead atoms. The highest BCUT2D eigenvalue weighted by atomic mass is 15.1. The number of rotatable bonds is 0. The number of benzene rings is 1. The lowest BCUT2D eigenvalue weighted by Crippen LogP contribution is -2.22. The maximum atomic E-state index is 4.88. The Kier molecular flexibility index (Phi) is 2.79. The number of hydrogen-bond acceptors (Lipinski definition) is 6. The monoisotopic (exact) mass is 327 g/mol. The van der Waals surface area contributed by atoms with Gasteiger partial charge < -0.3 is 5.32 Å². The zero-order valence-electron chi connectivity index (χ0n) is 13.6. The average Bonchev–Trinajstić information content (AvgIpc) is 3.04. The van der Waals surface area contributed by atoms with Crippen LogP contribution in [0, 0.1) is 0 Å². The molecule has 1 aromatic carbocycles. The molecule has 25 heavy (non-hydrogen) atoms. The van der Waals surface area contributed by atoms with E-state index >= 15 is 0 Å². The van der Waals surface area contributed by atoms with Gasteiger partial charge in [0.2, 0.25) is 0 Å². The van der Waals surface area contributed by atoms with Gasteiger partial charge in [-0.3, -0.25) is 20.0 Å². The van der Waals surface area contributed by atoms with Gasteiger partial charge in [0.15, 0.2) is 11.7 Å². The number of nitrogens with zero attached hydrogens (tertiary/aromatic N) is 6. The van der Waals surface area contributed by atoms with Crippen LogP contribution in [0.25, 0.3) is 32.8 Å². The Bertz CT molecular complexity index is 1140. The Morgan fingerprint density at radius 1 is 0.720 bits per heavy atom. The molecule has 0 radical (unpaired) electrons. The van der Waals surface area contributed by atoms with E-state index in [0.29, 0.717) is 23.1 Å². The molecule has 1 aliphatic rings. The first-order chi connectivity index (χ1) is 12.3. The van der Waals surface area contributed by atoms with Crippen LogP contribution < -0.4 is 5.32 Å². The van der Waals surface area contributed by atoms with Crippen molar-refractivity contribution in [3.63, 3.8) is 0 Å². The van der Waals surface area contributed by atoms with Gasteiger partial charge in [-0.25, -0.2) is 9.97 Å². The highest BCUT2D eigenvalue weighted by Gasteiger charge is 2.28. The highest BCUT2D eigenvalue weighted by molar-refractivity contribution is 6.26. The standard InChI is InChI=1S/C18H13N7/c1-19-17-15-16(18(20-2)25-17)24-14-10-6-4-8-22-12(10)11-9(13(14)23-15)5-3-7-21-11/h3-8H,1-2H3,(H,19,20,25). The van der Waals surface area contributed by atoms with E-state index < -0.39 is 0 Å². The van der Waals surface area contributed by atoms with Gasteiger partial charge in [-0.15, -0.1) is 0 Å². The molecule has 0 amide bonds. The fourth-order valence-corrected chi connectivity index (χ4v) is 3.27. The molecule has 3 aromatic heterocycles. The van der Waals surface area contributed by atoms with Gasteiger partial charge in [-0.1, -0.05) is 0 Å². The smallest absolute Gasteiger partial charge is 0.155 e. The van der Waals surface area contributed by atoms with E-state index in [-0.39, 0.29) is 0 Å². The molecule has 7 heteroatoms. The lowest BCUT2D eigenvalue weighted by molar-refractivity contribution is 1.25. The molecular formula is C18H13N7. The van der Waals surface area contributed by atoms with Gasteiger partial charge in [0.1, 0.15) is 11.4 Å². The third-order valence-corrected chi connectivity index (χ3v) is 4.38. The minimum Gasteiger partial charge on any atom is -0.322 e. The van der Waals surface area contributed by atoms with Gasteiger partial charge in [-0.05, 0) is 24.3 Å². The molecule has 0 saturated carbocycles. The second-order valence-electron chi connectivity index (χ2n) is 5.69. The third-order valence-electron chi connectivity index (χ3n) is 4.38. The Morgan fingerprint density at radius 3 is 1.64 bits per heavy atom. The van der Waals surface area contributed by atoms with Crippen LogP contribution >= 0.6 is 0 Å². The molecule has 7 nitrogen and oxygen atoms in total. The molecule has 0 spiro atoms. The van der Waals surface area contributed by atoms with E-state index in [1.54, 1.807) is 26.5 Å². The summed E-state index contributed by atoms with van der Waals surface area (Å²) < 4.78 is 0. The fourth-order valence-electron chi connectivity index (χ4n) is 3.27. The summed E-state index contributed by atoms with van der Waals surface area (Å²) in [7, 11) is 3.45. The summed E-state index contributed by atoms with van der Waals surface area (Å²) in [6, 6.07) is 7.80. The number of aromatic nitrogens is 4. The first-order valence-electron chi connectivity index (χ1n) is 7.86. The third kappa shape index (κ3) is 1.80. The summed E-state index contributed by atoms with van der Waals surface area (Å²) >= 11 is 0. The minimum atomic E-state index is 0.674. The Balaban J connectivity index is 2.06. The molecule has 5 rings (SSSR count). The van der Waals surface area contributed by atoms with Crippen molar-refractivity contribution in [1.29, 1.82) is 0 Å². The number of nitrogens with one attached hydrogen (secondary N) is 1. The first kappa shape index (κ1) is 13.9. The van der Waals surface area contributed by atoms with Crippen LogP contribution in [-0.2, 0) is 0 Å². The van der Waals surface area contributed by atoms with Gasteiger partial charge in [0, 0.05) is 37.3 Å². The maximum absolute atomic E-state index is 4.88.